The van der Waals surface area contributed by atoms with E-state index in [1.165, 1.54) is 11.1 Å². The molecule has 1 aromatic heterocycles. The van der Waals surface area contributed by atoms with E-state index < -0.39 is 0 Å². The van der Waals surface area contributed by atoms with Gasteiger partial charge in [-0.2, -0.15) is 0 Å². The molecule has 0 radical (unpaired) electrons. The number of hydrogen-bond donors (Lipinski definition) is 1. The van der Waals surface area contributed by atoms with Crippen molar-refractivity contribution in [1.29, 1.82) is 0 Å². The summed E-state index contributed by atoms with van der Waals surface area (Å²) in [6, 6.07) is 20.7. The molecule has 0 unspecified atom stereocenters. The van der Waals surface area contributed by atoms with Crippen molar-refractivity contribution < 1.29 is 0 Å². The van der Waals surface area contributed by atoms with Crippen LogP contribution in [-0.2, 0) is 19.6 Å². The molecule has 0 aliphatic heterocycles. The lowest BCUT2D eigenvalue weighted by molar-refractivity contribution is 0.570. The maximum absolute atomic E-state index is 4.70. The molecule has 0 aliphatic carbocycles. The lowest BCUT2D eigenvalue weighted by atomic mass is 10.2. The van der Waals surface area contributed by atoms with Crippen LogP contribution in [0.4, 0.5) is 0 Å². The predicted molar refractivity (Wildman–Crippen MR) is 106 cm³/mol. The van der Waals surface area contributed by atoms with Crippen LogP contribution in [-0.4, -0.2) is 34.5 Å². The van der Waals surface area contributed by atoms with E-state index in [9.17, 15) is 0 Å². The van der Waals surface area contributed by atoms with Crippen molar-refractivity contribution >= 4 is 5.96 Å². The molecule has 5 nitrogen and oxygen atoms in total. The first kappa shape index (κ1) is 17.7. The summed E-state index contributed by atoms with van der Waals surface area (Å²) in [5, 5.41) is 3.41. The standard InChI is InChI=1S/C21H25N5/c1-25(2)21(23-15-18-9-5-3-6-10-18)24-16-20-22-13-14-26(20)17-19-11-7-4-8-12-19/h3-14H,15-17H2,1-2H3,(H,23,24). The topological polar surface area (TPSA) is 45.4 Å². The fraction of sp³-hybridized carbons (Fsp3) is 0.238. The molecule has 0 spiro atoms. The molecular weight excluding hydrogens is 322 g/mol. The van der Waals surface area contributed by atoms with E-state index in [2.05, 4.69) is 51.3 Å². The Bertz CT molecular complexity index is 822. The number of rotatable bonds is 6. The zero-order chi connectivity index (χ0) is 18.2. The number of benzene rings is 2. The zero-order valence-corrected chi connectivity index (χ0v) is 15.3. The second-order valence-electron chi connectivity index (χ2n) is 6.33. The molecule has 134 valence electrons. The zero-order valence-electron chi connectivity index (χ0n) is 15.3. The van der Waals surface area contributed by atoms with Crippen LogP contribution in [0.5, 0.6) is 0 Å². The van der Waals surface area contributed by atoms with Crippen LogP contribution in [0.15, 0.2) is 78.0 Å². The van der Waals surface area contributed by atoms with Gasteiger partial charge in [-0.05, 0) is 11.1 Å². The Hall–Kier alpha value is -3.08. The van der Waals surface area contributed by atoms with E-state index in [-0.39, 0.29) is 0 Å². The molecule has 26 heavy (non-hydrogen) atoms. The number of guanidine groups is 1. The van der Waals surface area contributed by atoms with Gasteiger partial charge in [0.15, 0.2) is 5.96 Å². The largest absolute Gasteiger partial charge is 0.349 e. The second kappa shape index (κ2) is 8.85. The fourth-order valence-corrected chi connectivity index (χ4v) is 2.69. The molecule has 0 aliphatic rings. The highest BCUT2D eigenvalue weighted by molar-refractivity contribution is 5.79. The van der Waals surface area contributed by atoms with Gasteiger partial charge in [-0.1, -0.05) is 60.7 Å². The molecule has 0 saturated carbocycles. The van der Waals surface area contributed by atoms with Gasteiger partial charge in [0.25, 0.3) is 0 Å². The van der Waals surface area contributed by atoms with Crippen LogP contribution < -0.4 is 5.32 Å². The average Bonchev–Trinajstić information content (AvgIpc) is 3.10. The number of aromatic nitrogens is 2. The molecule has 2 aromatic carbocycles. The van der Waals surface area contributed by atoms with Crippen LogP contribution in [0.1, 0.15) is 17.0 Å². The maximum atomic E-state index is 4.70. The normalized spacial score (nSPS) is 11.4. The van der Waals surface area contributed by atoms with Crippen molar-refractivity contribution in [3.05, 3.63) is 90.0 Å². The van der Waals surface area contributed by atoms with Crippen molar-refractivity contribution in [2.45, 2.75) is 19.6 Å². The molecule has 3 aromatic rings. The maximum Gasteiger partial charge on any atom is 0.194 e. The quantitative estimate of drug-likeness (QED) is 0.550. The van der Waals surface area contributed by atoms with Gasteiger partial charge in [-0.15, -0.1) is 0 Å². The second-order valence-corrected chi connectivity index (χ2v) is 6.33. The lowest BCUT2D eigenvalue weighted by Crippen LogP contribution is -2.36. The predicted octanol–water partition coefficient (Wildman–Crippen LogP) is 3.14. The molecule has 0 bridgehead atoms. The van der Waals surface area contributed by atoms with Gasteiger partial charge in [0.1, 0.15) is 5.82 Å². The third kappa shape index (κ3) is 4.96. The fourth-order valence-electron chi connectivity index (χ4n) is 2.69. The summed E-state index contributed by atoms with van der Waals surface area (Å²) in [6.07, 6.45) is 3.86. The van der Waals surface area contributed by atoms with Crippen molar-refractivity contribution in [3.63, 3.8) is 0 Å². The Morgan fingerprint density at radius 3 is 2.31 bits per heavy atom. The summed E-state index contributed by atoms with van der Waals surface area (Å²) in [7, 11) is 3.99. The minimum absolute atomic E-state index is 0.631. The minimum atomic E-state index is 0.631. The van der Waals surface area contributed by atoms with Gasteiger partial charge >= 0.3 is 0 Å². The van der Waals surface area contributed by atoms with E-state index in [1.54, 1.807) is 0 Å². The van der Waals surface area contributed by atoms with Crippen LogP contribution in [0.25, 0.3) is 0 Å². The van der Waals surface area contributed by atoms with Crippen LogP contribution >= 0.6 is 0 Å². The van der Waals surface area contributed by atoms with E-state index in [1.807, 2.05) is 55.7 Å². The summed E-state index contributed by atoms with van der Waals surface area (Å²) in [6.45, 7) is 2.10. The van der Waals surface area contributed by atoms with Gasteiger partial charge in [0.2, 0.25) is 0 Å². The lowest BCUT2D eigenvalue weighted by Gasteiger charge is -2.18. The molecule has 0 fully saturated rings. The van der Waals surface area contributed by atoms with E-state index in [4.69, 9.17) is 4.99 Å². The Labute approximate surface area is 155 Å². The van der Waals surface area contributed by atoms with Crippen molar-refractivity contribution in [3.8, 4) is 0 Å². The molecule has 5 heteroatoms. The third-order valence-corrected chi connectivity index (χ3v) is 4.08. The Morgan fingerprint density at radius 1 is 1.00 bits per heavy atom. The average molecular weight is 347 g/mol. The van der Waals surface area contributed by atoms with Gasteiger partial charge in [0, 0.05) is 33.0 Å². The summed E-state index contributed by atoms with van der Waals surface area (Å²) in [5.74, 6) is 1.84. The van der Waals surface area contributed by atoms with Crippen LogP contribution in [0, 0.1) is 0 Å². The first-order valence-corrected chi connectivity index (χ1v) is 8.76. The van der Waals surface area contributed by atoms with Crippen LogP contribution in [0.3, 0.4) is 0 Å². The molecule has 0 amide bonds. The third-order valence-electron chi connectivity index (χ3n) is 4.08. The molecule has 1 N–H and O–H groups in total. The Morgan fingerprint density at radius 2 is 1.65 bits per heavy atom. The first-order valence-electron chi connectivity index (χ1n) is 8.76. The highest BCUT2D eigenvalue weighted by atomic mass is 15.3. The number of hydrogen-bond acceptors (Lipinski definition) is 2. The highest BCUT2D eigenvalue weighted by Gasteiger charge is 2.07. The smallest absolute Gasteiger partial charge is 0.194 e. The van der Waals surface area contributed by atoms with Gasteiger partial charge in [-0.25, -0.2) is 9.98 Å². The summed E-state index contributed by atoms with van der Waals surface area (Å²) >= 11 is 0. The molecule has 0 atom stereocenters. The van der Waals surface area contributed by atoms with E-state index in [0.717, 1.165) is 18.3 Å². The first-order chi connectivity index (χ1) is 12.7. The highest BCUT2D eigenvalue weighted by Crippen LogP contribution is 2.06. The van der Waals surface area contributed by atoms with Crippen molar-refractivity contribution in [2.75, 3.05) is 14.1 Å². The number of aliphatic imine (C=N–C) groups is 1. The van der Waals surface area contributed by atoms with E-state index in [0.29, 0.717) is 13.1 Å². The SMILES string of the molecule is CN(C)C(=NCc1ccccc1)NCc1nccn1Cc1ccccc1. The monoisotopic (exact) mass is 347 g/mol. The van der Waals surface area contributed by atoms with Crippen LogP contribution in [0.2, 0.25) is 0 Å². The number of imidazole rings is 1. The Balaban J connectivity index is 1.64. The summed E-state index contributed by atoms with van der Waals surface area (Å²) < 4.78 is 2.16. The molecule has 1 heterocycles. The minimum Gasteiger partial charge on any atom is -0.349 e. The van der Waals surface area contributed by atoms with Gasteiger partial charge in [-0.3, -0.25) is 0 Å². The molecular formula is C21H25N5. The number of nitrogens with zero attached hydrogens (tertiary/aromatic N) is 4. The summed E-state index contributed by atoms with van der Waals surface area (Å²) in [4.78, 5) is 11.2. The molecule has 3 rings (SSSR count). The number of nitrogens with one attached hydrogen (secondary N) is 1. The Kier molecular flexibility index (Phi) is 6.04. The summed E-state index contributed by atoms with van der Waals surface area (Å²) in [5.41, 5.74) is 2.46. The van der Waals surface area contributed by atoms with Gasteiger partial charge in [0.05, 0.1) is 13.1 Å². The van der Waals surface area contributed by atoms with Gasteiger partial charge < -0.3 is 14.8 Å². The van der Waals surface area contributed by atoms with Crippen molar-refractivity contribution in [2.24, 2.45) is 4.99 Å². The molecule has 0 saturated heterocycles. The van der Waals surface area contributed by atoms with Crippen molar-refractivity contribution in [1.82, 2.24) is 19.8 Å². The van der Waals surface area contributed by atoms with E-state index >= 15 is 0 Å².